The number of benzene rings is 2. The number of halogens is 2. The molecule has 1 aliphatic heterocycles. The monoisotopic (exact) mass is 497 g/mol. The first kappa shape index (κ1) is 24.1. The van der Waals surface area contributed by atoms with E-state index in [-0.39, 0.29) is 42.4 Å². The third kappa shape index (κ3) is 4.91. The number of likely N-dealkylation sites (tertiary alicyclic amines) is 1. The van der Waals surface area contributed by atoms with Gasteiger partial charge in [0, 0.05) is 35.1 Å². The number of nitrogens with two attached hydrogens (primary N) is 1. The fraction of sp³-hybridized carbons (Fsp3) is 0.261. The van der Waals surface area contributed by atoms with Crippen molar-refractivity contribution in [2.75, 3.05) is 6.54 Å². The van der Waals surface area contributed by atoms with Gasteiger partial charge in [0.15, 0.2) is 0 Å². The molecule has 0 bridgehead atoms. The Morgan fingerprint density at radius 1 is 1.20 bits per heavy atom. The first-order chi connectivity index (χ1) is 16.8. The van der Waals surface area contributed by atoms with E-state index in [4.69, 9.17) is 22.9 Å². The third-order valence-corrected chi connectivity index (χ3v) is 6.27. The van der Waals surface area contributed by atoms with Crippen LogP contribution in [-0.4, -0.2) is 45.9 Å². The molecule has 0 unspecified atom stereocenters. The number of carbonyl (C=O) groups excluding carboxylic acids is 3. The highest BCUT2D eigenvalue weighted by Gasteiger charge is 2.39. The molecule has 1 aromatic heterocycles. The van der Waals surface area contributed by atoms with Crippen LogP contribution in [0.2, 0.25) is 5.02 Å². The van der Waals surface area contributed by atoms with Gasteiger partial charge in [0.1, 0.15) is 11.9 Å². The number of carbonyl (C=O) groups is 3. The summed E-state index contributed by atoms with van der Waals surface area (Å²) >= 11 is 5.80. The number of aromatic nitrogens is 1. The summed E-state index contributed by atoms with van der Waals surface area (Å²) in [5.74, 6) is -1.53. The Balaban J connectivity index is 1.54. The summed E-state index contributed by atoms with van der Waals surface area (Å²) in [5.41, 5.74) is 15.6. The normalized spacial score (nSPS) is 17.3. The highest BCUT2D eigenvalue weighted by Crippen LogP contribution is 2.26. The molecule has 1 saturated heterocycles. The van der Waals surface area contributed by atoms with Crippen molar-refractivity contribution in [3.05, 3.63) is 81.1 Å². The van der Waals surface area contributed by atoms with E-state index < -0.39 is 29.8 Å². The molecule has 180 valence electrons. The molecule has 0 aliphatic carbocycles. The number of fused-ring (bicyclic) bond motifs is 1. The van der Waals surface area contributed by atoms with E-state index >= 15 is 0 Å². The quantitative estimate of drug-likeness (QED) is 0.305. The average Bonchev–Trinajstić information content (AvgIpc) is 3.42. The van der Waals surface area contributed by atoms with E-state index in [1.165, 1.54) is 27.8 Å². The Morgan fingerprint density at radius 3 is 2.71 bits per heavy atom. The lowest BCUT2D eigenvalue weighted by molar-refractivity contribution is -0.138. The van der Waals surface area contributed by atoms with Crippen molar-refractivity contribution in [2.24, 2.45) is 10.8 Å². The van der Waals surface area contributed by atoms with E-state index in [9.17, 15) is 18.8 Å². The topological polar surface area (TPSA) is 146 Å². The van der Waals surface area contributed by atoms with Gasteiger partial charge in [0.25, 0.3) is 0 Å². The van der Waals surface area contributed by atoms with Gasteiger partial charge in [-0.05, 0) is 29.6 Å². The van der Waals surface area contributed by atoms with Gasteiger partial charge in [-0.3, -0.25) is 14.2 Å². The second kappa shape index (κ2) is 10.0. The number of rotatable bonds is 6. The van der Waals surface area contributed by atoms with Crippen LogP contribution in [0.15, 0.2) is 53.8 Å². The van der Waals surface area contributed by atoms with Gasteiger partial charge in [-0.25, -0.2) is 9.18 Å². The number of azide groups is 1. The number of primary amides is 1. The van der Waals surface area contributed by atoms with Gasteiger partial charge < -0.3 is 16.0 Å². The number of amides is 3. The van der Waals surface area contributed by atoms with Crippen LogP contribution in [0.25, 0.3) is 21.3 Å². The zero-order valence-electron chi connectivity index (χ0n) is 18.4. The van der Waals surface area contributed by atoms with Gasteiger partial charge >= 0.3 is 6.03 Å². The molecule has 2 aromatic carbocycles. The minimum atomic E-state index is -0.912. The van der Waals surface area contributed by atoms with Gasteiger partial charge in [-0.2, -0.15) is 0 Å². The van der Waals surface area contributed by atoms with Crippen LogP contribution in [0.3, 0.4) is 0 Å². The summed E-state index contributed by atoms with van der Waals surface area (Å²) in [7, 11) is 0. The first-order valence-electron chi connectivity index (χ1n) is 10.7. The molecule has 3 amide bonds. The average molecular weight is 498 g/mol. The molecule has 12 heteroatoms. The van der Waals surface area contributed by atoms with E-state index in [0.29, 0.717) is 16.5 Å². The Labute approximate surface area is 204 Å². The van der Waals surface area contributed by atoms with Crippen LogP contribution in [0, 0.1) is 5.82 Å². The van der Waals surface area contributed by atoms with Crippen molar-refractivity contribution in [3.63, 3.8) is 0 Å². The van der Waals surface area contributed by atoms with Crippen molar-refractivity contribution < 1.29 is 18.8 Å². The lowest BCUT2D eigenvalue weighted by atomic mass is 10.1. The maximum Gasteiger partial charge on any atom is 0.323 e. The summed E-state index contributed by atoms with van der Waals surface area (Å²) < 4.78 is 15.4. The smallest absolute Gasteiger partial charge is 0.323 e. The highest BCUT2D eigenvalue weighted by atomic mass is 35.5. The highest BCUT2D eigenvalue weighted by molar-refractivity contribution is 6.30. The predicted octanol–water partition coefficient (Wildman–Crippen LogP) is 3.50. The van der Waals surface area contributed by atoms with Crippen LogP contribution in [0.1, 0.15) is 17.5 Å². The fourth-order valence-corrected chi connectivity index (χ4v) is 4.51. The van der Waals surface area contributed by atoms with E-state index in [0.717, 1.165) is 0 Å². The number of para-hydroxylation sites is 1. The Bertz CT molecular complexity index is 1370. The molecule has 3 aromatic rings. The van der Waals surface area contributed by atoms with Gasteiger partial charge in [0.2, 0.25) is 11.8 Å². The van der Waals surface area contributed by atoms with E-state index in [1.807, 2.05) is 0 Å². The van der Waals surface area contributed by atoms with Crippen LogP contribution in [0.4, 0.5) is 9.18 Å². The third-order valence-electron chi connectivity index (χ3n) is 5.98. The molecule has 35 heavy (non-hydrogen) atoms. The molecule has 1 aliphatic rings. The summed E-state index contributed by atoms with van der Waals surface area (Å²) in [6.45, 7) is -0.0665. The molecule has 0 radical (unpaired) electrons. The Morgan fingerprint density at radius 2 is 1.97 bits per heavy atom. The van der Waals surface area contributed by atoms with Crippen molar-refractivity contribution in [1.29, 1.82) is 0 Å². The second-order valence-corrected chi connectivity index (χ2v) is 8.55. The Kier molecular flexibility index (Phi) is 6.90. The molecular weight excluding hydrogens is 477 g/mol. The molecular formula is C23H21ClFN7O3. The number of nitrogens with one attached hydrogen (secondary N) is 1. The molecule has 2 atom stereocenters. The minimum absolute atomic E-state index is 0.0565. The zero-order chi connectivity index (χ0) is 25.1. The number of hydrogen-bond donors (Lipinski definition) is 2. The first-order valence-corrected chi connectivity index (χ1v) is 11.1. The lowest BCUT2D eigenvalue weighted by Gasteiger charge is -2.24. The predicted molar refractivity (Wildman–Crippen MR) is 127 cm³/mol. The van der Waals surface area contributed by atoms with Gasteiger partial charge in [-0.1, -0.05) is 47.0 Å². The van der Waals surface area contributed by atoms with Crippen LogP contribution >= 0.6 is 11.6 Å². The molecule has 0 saturated carbocycles. The minimum Gasteiger partial charge on any atom is -0.351 e. The summed E-state index contributed by atoms with van der Waals surface area (Å²) in [6, 6.07) is 9.30. The second-order valence-electron chi connectivity index (χ2n) is 8.14. The van der Waals surface area contributed by atoms with E-state index in [2.05, 4.69) is 15.3 Å². The Hall–Kier alpha value is -4.08. The molecule has 4 rings (SSSR count). The van der Waals surface area contributed by atoms with Crippen molar-refractivity contribution in [2.45, 2.75) is 31.5 Å². The van der Waals surface area contributed by atoms with Crippen molar-refractivity contribution >= 4 is 40.3 Å². The summed E-state index contributed by atoms with van der Waals surface area (Å²) in [5, 5.41) is 6.94. The summed E-state index contributed by atoms with van der Waals surface area (Å²) in [6.07, 6.45) is 1.53. The van der Waals surface area contributed by atoms with Crippen LogP contribution in [0.5, 0.6) is 0 Å². The maximum atomic E-state index is 14.2. The van der Waals surface area contributed by atoms with Gasteiger partial charge in [0.05, 0.1) is 23.0 Å². The van der Waals surface area contributed by atoms with Crippen LogP contribution in [-0.2, 0) is 22.6 Å². The maximum absolute atomic E-state index is 14.2. The zero-order valence-corrected chi connectivity index (χ0v) is 19.2. The number of hydrogen-bond acceptors (Lipinski definition) is 4. The van der Waals surface area contributed by atoms with E-state index in [1.54, 1.807) is 30.3 Å². The molecule has 0 spiro atoms. The largest absolute Gasteiger partial charge is 0.351 e. The molecule has 1 fully saturated rings. The molecule has 10 nitrogen and oxygen atoms in total. The fourth-order valence-electron chi connectivity index (χ4n) is 4.32. The van der Waals surface area contributed by atoms with Gasteiger partial charge in [-0.15, -0.1) is 0 Å². The molecule has 3 N–H and O–H groups in total. The lowest BCUT2D eigenvalue weighted by Crippen LogP contribution is -2.46. The van der Waals surface area contributed by atoms with Crippen LogP contribution < -0.4 is 11.1 Å². The number of nitrogens with zero attached hydrogens (tertiary/aromatic N) is 5. The SMILES string of the molecule is [N-]=[N+]=N[C@H]1C[C@@H](C(=O)NCc2cccc(Cl)c2F)N(C(=O)Cc2cn(C(N)=O)c3ccccc23)C1. The standard InChI is InChI=1S/C23H21ClFN7O3/c24-17-6-3-4-13(21(17)25)10-28-22(34)19-9-15(29-30-27)12-31(19)20(33)8-14-11-32(23(26)35)18-7-2-1-5-16(14)18/h1-7,11,15,19H,8-10,12H2,(H2,26,35)(H,28,34)/t15-,19-/m0/s1. The summed E-state index contributed by atoms with van der Waals surface area (Å²) in [4.78, 5) is 42.2. The molecule has 2 heterocycles. The van der Waals surface area contributed by atoms with Crippen molar-refractivity contribution in [3.8, 4) is 0 Å². The van der Waals surface area contributed by atoms with Crippen molar-refractivity contribution in [1.82, 2.24) is 14.8 Å².